The summed E-state index contributed by atoms with van der Waals surface area (Å²) in [7, 11) is 0. The highest BCUT2D eigenvalue weighted by atomic mass is 16.5. The third-order valence-electron chi connectivity index (χ3n) is 4.08. The Labute approximate surface area is 113 Å². The molecule has 0 radical (unpaired) electrons. The molecule has 2 heterocycles. The lowest BCUT2D eigenvalue weighted by Gasteiger charge is -2.34. The molecule has 0 bridgehead atoms. The minimum atomic E-state index is 0.149. The van der Waals surface area contributed by atoms with E-state index in [0.717, 1.165) is 25.1 Å². The molecule has 1 atom stereocenters. The van der Waals surface area contributed by atoms with Crippen molar-refractivity contribution < 1.29 is 4.52 Å². The first-order valence-electron chi connectivity index (χ1n) is 6.80. The van der Waals surface area contributed by atoms with Gasteiger partial charge in [-0.25, -0.2) is 0 Å². The van der Waals surface area contributed by atoms with E-state index in [1.54, 1.807) is 6.26 Å². The van der Waals surface area contributed by atoms with Crippen molar-refractivity contribution >= 4 is 0 Å². The number of hydrogen-bond acceptors (Lipinski definition) is 3. The zero-order chi connectivity index (χ0) is 13.6. The number of hydrogen-bond donors (Lipinski definition) is 1. The molecule has 4 heteroatoms. The summed E-state index contributed by atoms with van der Waals surface area (Å²) in [6, 6.07) is 4.30. The average Bonchev–Trinajstić information content (AvgIpc) is 2.90. The maximum atomic E-state index is 6.33. The maximum absolute atomic E-state index is 6.33. The topological polar surface area (TPSA) is 57.0 Å². The van der Waals surface area contributed by atoms with Crippen LogP contribution in [0.2, 0.25) is 0 Å². The van der Waals surface area contributed by atoms with Crippen LogP contribution in [0.3, 0.4) is 0 Å². The van der Waals surface area contributed by atoms with E-state index in [4.69, 9.17) is 10.3 Å². The standard InChI is InChI=1S/C15H21N3O/c1-10-6-12-13(16)7-15(2,3)8-14(12)18(10)9-11-4-5-19-17-11/h4-6,13H,7-9,16H2,1-3H3. The van der Waals surface area contributed by atoms with Crippen LogP contribution in [0.25, 0.3) is 0 Å². The van der Waals surface area contributed by atoms with E-state index in [1.807, 2.05) is 6.07 Å². The second-order valence-electron chi connectivity index (χ2n) is 6.42. The van der Waals surface area contributed by atoms with Crippen LogP contribution in [0.1, 0.15) is 49.0 Å². The monoisotopic (exact) mass is 259 g/mol. The Bertz CT molecular complexity index is 581. The van der Waals surface area contributed by atoms with Gasteiger partial charge >= 0.3 is 0 Å². The van der Waals surface area contributed by atoms with Crippen LogP contribution in [-0.2, 0) is 13.0 Å². The van der Waals surface area contributed by atoms with Crippen LogP contribution in [0.4, 0.5) is 0 Å². The Morgan fingerprint density at radius 2 is 2.32 bits per heavy atom. The van der Waals surface area contributed by atoms with Gasteiger partial charge in [-0.3, -0.25) is 0 Å². The minimum Gasteiger partial charge on any atom is -0.364 e. The molecule has 2 N–H and O–H groups in total. The van der Waals surface area contributed by atoms with E-state index < -0.39 is 0 Å². The zero-order valence-electron chi connectivity index (χ0n) is 11.8. The van der Waals surface area contributed by atoms with Crippen molar-refractivity contribution in [2.75, 3.05) is 0 Å². The average molecular weight is 259 g/mol. The van der Waals surface area contributed by atoms with Gasteiger partial charge in [-0.05, 0) is 36.8 Å². The normalized spacial score (nSPS) is 21.4. The highest BCUT2D eigenvalue weighted by Gasteiger charge is 2.33. The molecular weight excluding hydrogens is 238 g/mol. The van der Waals surface area contributed by atoms with Crippen molar-refractivity contribution in [3.8, 4) is 0 Å². The van der Waals surface area contributed by atoms with Gasteiger partial charge in [0, 0.05) is 23.5 Å². The third-order valence-corrected chi connectivity index (χ3v) is 4.08. The first kappa shape index (κ1) is 12.5. The van der Waals surface area contributed by atoms with Gasteiger partial charge in [0.2, 0.25) is 0 Å². The predicted octanol–water partition coefficient (Wildman–Crippen LogP) is 2.81. The first-order valence-corrected chi connectivity index (χ1v) is 6.80. The van der Waals surface area contributed by atoms with E-state index >= 15 is 0 Å². The lowest BCUT2D eigenvalue weighted by Crippen LogP contribution is -2.30. The van der Waals surface area contributed by atoms with Crippen molar-refractivity contribution in [2.45, 2.75) is 46.2 Å². The summed E-state index contributed by atoms with van der Waals surface area (Å²) in [5, 5.41) is 4.01. The molecule has 0 saturated carbocycles. The highest BCUT2D eigenvalue weighted by Crippen LogP contribution is 2.40. The van der Waals surface area contributed by atoms with Crippen LogP contribution in [0.5, 0.6) is 0 Å². The second kappa shape index (κ2) is 4.23. The van der Waals surface area contributed by atoms with Gasteiger partial charge in [0.25, 0.3) is 0 Å². The highest BCUT2D eigenvalue weighted by molar-refractivity contribution is 5.34. The molecular formula is C15H21N3O. The van der Waals surface area contributed by atoms with Gasteiger partial charge < -0.3 is 14.8 Å². The van der Waals surface area contributed by atoms with Crippen molar-refractivity contribution in [3.63, 3.8) is 0 Å². The summed E-state index contributed by atoms with van der Waals surface area (Å²) in [4.78, 5) is 0. The summed E-state index contributed by atoms with van der Waals surface area (Å²) in [6.45, 7) is 7.48. The predicted molar refractivity (Wildman–Crippen MR) is 73.8 cm³/mol. The fraction of sp³-hybridized carbons (Fsp3) is 0.533. The number of aryl methyl sites for hydroxylation is 1. The minimum absolute atomic E-state index is 0.149. The van der Waals surface area contributed by atoms with Crippen molar-refractivity contribution in [3.05, 3.63) is 41.0 Å². The molecule has 1 aliphatic rings. The molecule has 0 saturated heterocycles. The number of fused-ring (bicyclic) bond motifs is 1. The zero-order valence-corrected chi connectivity index (χ0v) is 11.8. The Kier molecular flexibility index (Phi) is 2.78. The number of aromatic nitrogens is 2. The summed E-state index contributed by atoms with van der Waals surface area (Å²) in [6.07, 6.45) is 3.74. The van der Waals surface area contributed by atoms with Crippen molar-refractivity contribution in [2.24, 2.45) is 11.1 Å². The molecule has 1 aliphatic carbocycles. The van der Waals surface area contributed by atoms with E-state index in [9.17, 15) is 0 Å². The number of nitrogens with two attached hydrogens (primary N) is 1. The summed E-state index contributed by atoms with van der Waals surface area (Å²) in [5.41, 5.74) is 11.5. The van der Waals surface area contributed by atoms with Crippen LogP contribution < -0.4 is 5.73 Å². The smallest absolute Gasteiger partial charge is 0.124 e. The Hall–Kier alpha value is -1.55. The van der Waals surface area contributed by atoms with Gasteiger partial charge in [-0.2, -0.15) is 0 Å². The largest absolute Gasteiger partial charge is 0.364 e. The van der Waals surface area contributed by atoms with Crippen LogP contribution >= 0.6 is 0 Å². The third kappa shape index (κ3) is 2.21. The molecule has 19 heavy (non-hydrogen) atoms. The summed E-state index contributed by atoms with van der Waals surface area (Å²) >= 11 is 0. The van der Waals surface area contributed by atoms with Crippen LogP contribution in [0.15, 0.2) is 22.9 Å². The van der Waals surface area contributed by atoms with E-state index in [-0.39, 0.29) is 11.5 Å². The molecule has 0 amide bonds. The molecule has 0 fully saturated rings. The summed E-state index contributed by atoms with van der Waals surface area (Å²) in [5.74, 6) is 0. The van der Waals surface area contributed by atoms with Gasteiger partial charge in [-0.1, -0.05) is 19.0 Å². The Morgan fingerprint density at radius 1 is 1.53 bits per heavy atom. The van der Waals surface area contributed by atoms with E-state index in [0.29, 0.717) is 0 Å². The van der Waals surface area contributed by atoms with Crippen molar-refractivity contribution in [1.82, 2.24) is 9.72 Å². The SMILES string of the molecule is Cc1cc2c(n1Cc1ccon1)CC(C)(C)CC2N. The van der Waals surface area contributed by atoms with Crippen LogP contribution in [0, 0.1) is 12.3 Å². The molecule has 2 aromatic rings. The van der Waals surface area contributed by atoms with Crippen molar-refractivity contribution in [1.29, 1.82) is 0 Å². The Morgan fingerprint density at radius 3 is 3.00 bits per heavy atom. The molecule has 2 aromatic heterocycles. The molecule has 0 aromatic carbocycles. The quantitative estimate of drug-likeness (QED) is 0.902. The Balaban J connectivity index is 2.02. The second-order valence-corrected chi connectivity index (χ2v) is 6.42. The van der Waals surface area contributed by atoms with Gasteiger partial charge in [-0.15, -0.1) is 0 Å². The molecule has 4 nitrogen and oxygen atoms in total. The van der Waals surface area contributed by atoms with Gasteiger partial charge in [0.15, 0.2) is 0 Å². The van der Waals surface area contributed by atoms with Gasteiger partial charge in [0.1, 0.15) is 12.0 Å². The first-order chi connectivity index (χ1) is 8.96. The molecule has 0 aliphatic heterocycles. The fourth-order valence-electron chi connectivity index (χ4n) is 3.21. The summed E-state index contributed by atoms with van der Waals surface area (Å²) < 4.78 is 7.25. The lowest BCUT2D eigenvalue weighted by molar-refractivity contribution is 0.275. The lowest BCUT2D eigenvalue weighted by atomic mass is 9.74. The van der Waals surface area contributed by atoms with E-state index in [1.165, 1.54) is 17.0 Å². The van der Waals surface area contributed by atoms with Gasteiger partial charge in [0.05, 0.1) is 6.54 Å². The molecule has 102 valence electrons. The number of nitrogens with zero attached hydrogens (tertiary/aromatic N) is 2. The molecule has 3 rings (SSSR count). The molecule has 0 spiro atoms. The maximum Gasteiger partial charge on any atom is 0.124 e. The fourth-order valence-corrected chi connectivity index (χ4v) is 3.21. The van der Waals surface area contributed by atoms with Crippen LogP contribution in [-0.4, -0.2) is 9.72 Å². The molecule has 1 unspecified atom stereocenters. The number of rotatable bonds is 2. The van der Waals surface area contributed by atoms with E-state index in [2.05, 4.69) is 36.6 Å².